The van der Waals surface area contributed by atoms with Crippen LogP contribution in [0.4, 0.5) is 5.69 Å². The Balaban J connectivity index is 1.58. The number of nitrogens with one attached hydrogen (secondary N) is 1. The summed E-state index contributed by atoms with van der Waals surface area (Å²) < 4.78 is 5.91. The zero-order chi connectivity index (χ0) is 21.0. The molecule has 1 N–H and O–H groups in total. The van der Waals surface area contributed by atoms with Gasteiger partial charge in [0.2, 0.25) is 0 Å². The molecule has 0 radical (unpaired) electrons. The van der Waals surface area contributed by atoms with Crippen LogP contribution in [-0.2, 0) is 4.79 Å². The zero-order valence-corrected chi connectivity index (χ0v) is 18.4. The Morgan fingerprint density at radius 1 is 1.14 bits per heavy atom. The van der Waals surface area contributed by atoms with Gasteiger partial charge in [-0.1, -0.05) is 31.2 Å². The van der Waals surface area contributed by atoms with Gasteiger partial charge in [0.05, 0.1) is 6.04 Å². The highest BCUT2D eigenvalue weighted by molar-refractivity contribution is 5.81. The molecule has 0 aliphatic carbocycles. The summed E-state index contributed by atoms with van der Waals surface area (Å²) in [6.45, 7) is 12.4. The van der Waals surface area contributed by atoms with Gasteiger partial charge in [-0.25, -0.2) is 0 Å². The average molecular weight is 395 g/mol. The molecule has 0 aromatic heterocycles. The van der Waals surface area contributed by atoms with E-state index in [0.717, 1.165) is 41.4 Å². The highest BCUT2D eigenvalue weighted by Gasteiger charge is 2.20. The third-order valence-corrected chi connectivity index (χ3v) is 5.79. The van der Waals surface area contributed by atoms with Crippen LogP contribution < -0.4 is 15.0 Å². The summed E-state index contributed by atoms with van der Waals surface area (Å²) in [6.07, 6.45) is 2.03. The second kappa shape index (κ2) is 9.34. The molecule has 3 unspecified atom stereocenters. The Bertz CT molecular complexity index is 831. The molecule has 1 amide bonds. The van der Waals surface area contributed by atoms with Crippen LogP contribution in [0.2, 0.25) is 0 Å². The van der Waals surface area contributed by atoms with Crippen LogP contribution >= 0.6 is 0 Å². The van der Waals surface area contributed by atoms with Crippen LogP contribution in [0.1, 0.15) is 56.3 Å². The summed E-state index contributed by atoms with van der Waals surface area (Å²) in [7, 11) is 0. The van der Waals surface area contributed by atoms with Crippen LogP contribution in [0.25, 0.3) is 0 Å². The fraction of sp³-hybridized carbons (Fsp3) is 0.480. The maximum absolute atomic E-state index is 12.6. The van der Waals surface area contributed by atoms with E-state index in [0.29, 0.717) is 0 Å². The molecular formula is C25H34N2O2. The summed E-state index contributed by atoms with van der Waals surface area (Å²) in [5.41, 5.74) is 4.53. The summed E-state index contributed by atoms with van der Waals surface area (Å²) in [4.78, 5) is 15.1. The Kier molecular flexibility index (Phi) is 6.83. The summed E-state index contributed by atoms with van der Waals surface area (Å²) in [5.74, 6) is 1.41. The van der Waals surface area contributed by atoms with Gasteiger partial charge in [-0.2, -0.15) is 0 Å². The van der Waals surface area contributed by atoms with Gasteiger partial charge in [0.15, 0.2) is 6.10 Å². The largest absolute Gasteiger partial charge is 0.481 e. The van der Waals surface area contributed by atoms with E-state index in [1.807, 2.05) is 39.0 Å². The van der Waals surface area contributed by atoms with E-state index >= 15 is 0 Å². The third-order valence-electron chi connectivity index (χ3n) is 5.79. The smallest absolute Gasteiger partial charge is 0.261 e. The first-order valence-corrected chi connectivity index (χ1v) is 10.7. The van der Waals surface area contributed by atoms with Gasteiger partial charge < -0.3 is 15.0 Å². The lowest BCUT2D eigenvalue weighted by atomic mass is 9.99. The fourth-order valence-corrected chi connectivity index (χ4v) is 3.89. The molecular weight excluding hydrogens is 360 g/mol. The predicted molar refractivity (Wildman–Crippen MR) is 120 cm³/mol. The van der Waals surface area contributed by atoms with E-state index in [-0.39, 0.29) is 11.9 Å². The van der Waals surface area contributed by atoms with Gasteiger partial charge in [0.1, 0.15) is 5.75 Å². The second-order valence-corrected chi connectivity index (χ2v) is 8.54. The molecule has 1 heterocycles. The number of carbonyl (C=O) groups excluding carboxylic acids is 1. The SMILES string of the molecule is Cc1ccc(C)c(OC(C)C(=O)NC(C)c2ccc(N3CCCC(C)C3)cc2)c1. The first kappa shape index (κ1) is 21.2. The first-order chi connectivity index (χ1) is 13.8. The van der Waals surface area contributed by atoms with Crippen molar-refractivity contribution in [2.75, 3.05) is 18.0 Å². The van der Waals surface area contributed by atoms with Gasteiger partial charge in [-0.15, -0.1) is 0 Å². The number of anilines is 1. The predicted octanol–water partition coefficient (Wildman–Crippen LogP) is 5.18. The van der Waals surface area contributed by atoms with Crippen molar-refractivity contribution in [2.45, 2.75) is 59.6 Å². The van der Waals surface area contributed by atoms with E-state index in [1.165, 1.54) is 18.5 Å². The maximum atomic E-state index is 12.6. The van der Waals surface area contributed by atoms with Crippen LogP contribution in [0.3, 0.4) is 0 Å². The van der Waals surface area contributed by atoms with Crippen molar-refractivity contribution in [3.63, 3.8) is 0 Å². The molecule has 0 saturated carbocycles. The molecule has 4 heteroatoms. The lowest BCUT2D eigenvalue weighted by Gasteiger charge is -2.33. The van der Waals surface area contributed by atoms with E-state index in [2.05, 4.69) is 41.4 Å². The van der Waals surface area contributed by atoms with Gasteiger partial charge in [-0.05, 0) is 81.3 Å². The minimum atomic E-state index is -0.549. The normalized spacial score (nSPS) is 18.8. The number of carbonyl (C=O) groups is 1. The van der Waals surface area contributed by atoms with Crippen molar-refractivity contribution in [1.29, 1.82) is 0 Å². The second-order valence-electron chi connectivity index (χ2n) is 8.54. The van der Waals surface area contributed by atoms with Gasteiger partial charge in [0, 0.05) is 18.8 Å². The summed E-state index contributed by atoms with van der Waals surface area (Å²) in [6, 6.07) is 14.6. The number of piperidine rings is 1. The van der Waals surface area contributed by atoms with E-state index in [9.17, 15) is 4.79 Å². The quantitative estimate of drug-likeness (QED) is 0.733. The van der Waals surface area contributed by atoms with Crippen molar-refractivity contribution in [1.82, 2.24) is 5.32 Å². The Hall–Kier alpha value is -2.49. The number of rotatable bonds is 6. The minimum Gasteiger partial charge on any atom is -0.481 e. The summed E-state index contributed by atoms with van der Waals surface area (Å²) >= 11 is 0. The molecule has 0 bridgehead atoms. The highest BCUT2D eigenvalue weighted by Crippen LogP contribution is 2.25. The molecule has 1 aliphatic rings. The van der Waals surface area contributed by atoms with Gasteiger partial charge in [-0.3, -0.25) is 4.79 Å². The lowest BCUT2D eigenvalue weighted by Crippen LogP contribution is -2.38. The number of hydrogen-bond acceptors (Lipinski definition) is 3. The van der Waals surface area contributed by atoms with Crippen LogP contribution in [0, 0.1) is 19.8 Å². The molecule has 2 aromatic rings. The number of ether oxygens (including phenoxy) is 1. The van der Waals surface area contributed by atoms with Crippen LogP contribution in [-0.4, -0.2) is 25.1 Å². The molecule has 4 nitrogen and oxygen atoms in total. The highest BCUT2D eigenvalue weighted by atomic mass is 16.5. The number of aryl methyl sites for hydroxylation is 2. The zero-order valence-electron chi connectivity index (χ0n) is 18.4. The van der Waals surface area contributed by atoms with Gasteiger partial charge in [0.25, 0.3) is 5.91 Å². The van der Waals surface area contributed by atoms with Crippen molar-refractivity contribution in [3.05, 3.63) is 59.2 Å². The van der Waals surface area contributed by atoms with Crippen molar-refractivity contribution < 1.29 is 9.53 Å². The number of hydrogen-bond donors (Lipinski definition) is 1. The molecule has 29 heavy (non-hydrogen) atoms. The maximum Gasteiger partial charge on any atom is 0.261 e. The van der Waals surface area contributed by atoms with E-state index in [4.69, 9.17) is 4.74 Å². The van der Waals surface area contributed by atoms with E-state index in [1.54, 1.807) is 6.92 Å². The molecule has 1 aliphatic heterocycles. The number of benzene rings is 2. The van der Waals surface area contributed by atoms with Crippen LogP contribution in [0.5, 0.6) is 5.75 Å². The molecule has 156 valence electrons. The molecule has 3 rings (SSSR count). The summed E-state index contributed by atoms with van der Waals surface area (Å²) in [5, 5.41) is 3.08. The number of nitrogens with zero attached hydrogens (tertiary/aromatic N) is 1. The molecule has 3 atom stereocenters. The monoisotopic (exact) mass is 394 g/mol. The molecule has 1 fully saturated rings. The van der Waals surface area contributed by atoms with Gasteiger partial charge >= 0.3 is 0 Å². The first-order valence-electron chi connectivity index (χ1n) is 10.7. The van der Waals surface area contributed by atoms with Crippen molar-refractivity contribution in [2.24, 2.45) is 5.92 Å². The van der Waals surface area contributed by atoms with Crippen LogP contribution in [0.15, 0.2) is 42.5 Å². The standard InChI is InChI=1S/C25H34N2O2/c1-17-8-9-19(3)24(15-17)29-21(5)25(28)26-20(4)22-10-12-23(13-11-22)27-14-6-7-18(2)16-27/h8-13,15,18,20-21H,6-7,14,16H2,1-5H3,(H,26,28). The average Bonchev–Trinajstić information content (AvgIpc) is 2.70. The Morgan fingerprint density at radius 2 is 1.86 bits per heavy atom. The van der Waals surface area contributed by atoms with E-state index < -0.39 is 6.10 Å². The molecule has 0 spiro atoms. The number of amides is 1. The third kappa shape index (κ3) is 5.53. The van der Waals surface area contributed by atoms with Crippen molar-refractivity contribution >= 4 is 11.6 Å². The fourth-order valence-electron chi connectivity index (χ4n) is 3.89. The minimum absolute atomic E-state index is 0.0681. The van der Waals surface area contributed by atoms with Crippen molar-refractivity contribution in [3.8, 4) is 5.75 Å². The lowest BCUT2D eigenvalue weighted by molar-refractivity contribution is -0.127. The molecule has 1 saturated heterocycles. The topological polar surface area (TPSA) is 41.6 Å². The Labute approximate surface area is 175 Å². The Morgan fingerprint density at radius 3 is 2.55 bits per heavy atom. The molecule has 2 aromatic carbocycles.